The first-order valence-corrected chi connectivity index (χ1v) is 7.33. The molecule has 1 aliphatic heterocycles. The van der Waals surface area contributed by atoms with Gasteiger partial charge in [0.15, 0.2) is 0 Å². The molecule has 2 aromatic rings. The van der Waals surface area contributed by atoms with E-state index in [2.05, 4.69) is 10.4 Å². The van der Waals surface area contributed by atoms with Gasteiger partial charge in [0, 0.05) is 26.0 Å². The molecule has 6 heteroatoms. The molecule has 0 radical (unpaired) electrons. The molecule has 1 N–H and O–H groups in total. The summed E-state index contributed by atoms with van der Waals surface area (Å²) >= 11 is 0. The molecule has 1 aliphatic rings. The van der Waals surface area contributed by atoms with Crippen molar-refractivity contribution >= 4 is 23.2 Å². The topological polar surface area (TPSA) is 74.9 Å². The molecule has 23 heavy (non-hydrogen) atoms. The number of rotatable bonds is 3. The predicted molar refractivity (Wildman–Crippen MR) is 85.9 cm³/mol. The van der Waals surface area contributed by atoms with Crippen LogP contribution in [0, 0.1) is 0 Å². The predicted octanol–water partition coefficient (Wildman–Crippen LogP) is 2.94. The van der Waals surface area contributed by atoms with Crippen molar-refractivity contribution in [1.29, 1.82) is 0 Å². The van der Waals surface area contributed by atoms with Crippen molar-refractivity contribution in [3.05, 3.63) is 54.0 Å². The van der Waals surface area contributed by atoms with E-state index in [1.165, 1.54) is 18.9 Å². The van der Waals surface area contributed by atoms with Gasteiger partial charge in [-0.15, -0.1) is 0 Å². The molecule has 0 unspecified atom stereocenters. The van der Waals surface area contributed by atoms with E-state index >= 15 is 0 Å². The number of nitrogens with zero attached hydrogens (tertiary/aromatic N) is 2. The van der Waals surface area contributed by atoms with Crippen LogP contribution in [0.4, 0.5) is 5.69 Å². The Morgan fingerprint density at radius 1 is 1.22 bits per heavy atom. The first-order chi connectivity index (χ1) is 11.0. The van der Waals surface area contributed by atoms with Crippen molar-refractivity contribution in [1.82, 2.24) is 5.01 Å². The lowest BCUT2D eigenvalue weighted by Crippen LogP contribution is -2.23. The zero-order valence-electron chi connectivity index (χ0n) is 12.9. The molecule has 1 atom stereocenters. The third-order valence-corrected chi connectivity index (χ3v) is 3.64. The molecule has 0 spiro atoms. The standard InChI is InChI=1S/C17H17N3O3/c1-11(21)18-14-7-5-13(6-8-14)15-10-16(17-4-3-9-23-17)20(19-15)12(2)22/h3-9,16H,10H2,1-2H3,(H,18,21)/t16-/m0/s1. The summed E-state index contributed by atoms with van der Waals surface area (Å²) in [6.07, 6.45) is 2.18. The Kier molecular flexibility index (Phi) is 3.97. The van der Waals surface area contributed by atoms with Gasteiger partial charge in [0.1, 0.15) is 11.8 Å². The SMILES string of the molecule is CC(=O)Nc1ccc(C2=NN(C(C)=O)[C@H](c3ccco3)C2)cc1. The molecule has 0 aliphatic carbocycles. The lowest BCUT2D eigenvalue weighted by molar-refractivity contribution is -0.130. The fourth-order valence-electron chi connectivity index (χ4n) is 2.63. The molecular formula is C17H17N3O3. The maximum atomic E-state index is 11.8. The maximum Gasteiger partial charge on any atom is 0.240 e. The van der Waals surface area contributed by atoms with E-state index in [4.69, 9.17) is 4.42 Å². The van der Waals surface area contributed by atoms with Crippen molar-refractivity contribution in [2.75, 3.05) is 5.32 Å². The third-order valence-electron chi connectivity index (χ3n) is 3.64. The number of hydrogen-bond donors (Lipinski definition) is 1. The van der Waals surface area contributed by atoms with E-state index in [0.29, 0.717) is 12.2 Å². The normalized spacial score (nSPS) is 17.0. The summed E-state index contributed by atoms with van der Waals surface area (Å²) in [5, 5.41) is 8.62. The highest BCUT2D eigenvalue weighted by atomic mass is 16.3. The van der Waals surface area contributed by atoms with Crippen molar-refractivity contribution in [3.63, 3.8) is 0 Å². The van der Waals surface area contributed by atoms with E-state index in [1.54, 1.807) is 12.3 Å². The van der Waals surface area contributed by atoms with Crippen LogP contribution in [0.1, 0.15) is 37.6 Å². The molecule has 0 saturated carbocycles. The van der Waals surface area contributed by atoms with Crippen molar-refractivity contribution < 1.29 is 14.0 Å². The van der Waals surface area contributed by atoms with Gasteiger partial charge >= 0.3 is 0 Å². The van der Waals surface area contributed by atoms with Crippen LogP contribution in [0.15, 0.2) is 52.2 Å². The van der Waals surface area contributed by atoms with Crippen LogP contribution in [0.25, 0.3) is 0 Å². The molecular weight excluding hydrogens is 294 g/mol. The Labute approximate surface area is 133 Å². The van der Waals surface area contributed by atoms with Crippen molar-refractivity contribution in [2.24, 2.45) is 5.10 Å². The number of carbonyl (C=O) groups is 2. The van der Waals surface area contributed by atoms with Crippen LogP contribution in [0.3, 0.4) is 0 Å². The number of hydrogen-bond acceptors (Lipinski definition) is 4. The van der Waals surface area contributed by atoms with Gasteiger partial charge in [-0.05, 0) is 29.8 Å². The first-order valence-electron chi connectivity index (χ1n) is 7.33. The van der Waals surface area contributed by atoms with E-state index in [-0.39, 0.29) is 17.9 Å². The molecule has 3 rings (SSSR count). The Hall–Kier alpha value is -2.89. The number of anilines is 1. The van der Waals surface area contributed by atoms with Crippen LogP contribution in [-0.4, -0.2) is 22.5 Å². The molecule has 2 heterocycles. The highest BCUT2D eigenvalue weighted by molar-refractivity contribution is 6.03. The zero-order valence-corrected chi connectivity index (χ0v) is 12.9. The van der Waals surface area contributed by atoms with Crippen LogP contribution < -0.4 is 5.32 Å². The Morgan fingerprint density at radius 2 is 1.96 bits per heavy atom. The van der Waals surface area contributed by atoms with Crippen LogP contribution in [-0.2, 0) is 9.59 Å². The second-order valence-electron chi connectivity index (χ2n) is 5.40. The maximum absolute atomic E-state index is 11.8. The fraction of sp³-hybridized carbons (Fsp3) is 0.235. The smallest absolute Gasteiger partial charge is 0.240 e. The average molecular weight is 311 g/mol. The van der Waals surface area contributed by atoms with Crippen LogP contribution in [0.5, 0.6) is 0 Å². The average Bonchev–Trinajstić information content (AvgIpc) is 3.16. The Bertz CT molecular complexity index is 748. The van der Waals surface area contributed by atoms with E-state index in [1.807, 2.05) is 30.3 Å². The van der Waals surface area contributed by atoms with Gasteiger partial charge in [0.05, 0.1) is 12.0 Å². The second kappa shape index (κ2) is 6.08. The summed E-state index contributed by atoms with van der Waals surface area (Å²) in [6.45, 7) is 2.95. The minimum Gasteiger partial charge on any atom is -0.467 e. The number of benzene rings is 1. The van der Waals surface area contributed by atoms with Crippen molar-refractivity contribution in [2.45, 2.75) is 26.3 Å². The molecule has 2 amide bonds. The molecule has 118 valence electrons. The number of hydrazone groups is 1. The van der Waals surface area contributed by atoms with E-state index in [0.717, 1.165) is 17.0 Å². The van der Waals surface area contributed by atoms with E-state index < -0.39 is 0 Å². The summed E-state index contributed by atoms with van der Waals surface area (Å²) in [7, 11) is 0. The van der Waals surface area contributed by atoms with Gasteiger partial charge in [-0.25, -0.2) is 5.01 Å². The van der Waals surface area contributed by atoms with Gasteiger partial charge < -0.3 is 9.73 Å². The molecule has 0 bridgehead atoms. The number of amides is 2. The monoisotopic (exact) mass is 311 g/mol. The molecule has 0 saturated heterocycles. The number of nitrogens with one attached hydrogen (secondary N) is 1. The molecule has 1 aromatic carbocycles. The quantitative estimate of drug-likeness (QED) is 0.947. The lowest BCUT2D eigenvalue weighted by atomic mass is 10.0. The highest BCUT2D eigenvalue weighted by Crippen LogP contribution is 2.33. The van der Waals surface area contributed by atoms with Gasteiger partial charge in [-0.2, -0.15) is 5.10 Å². The zero-order chi connectivity index (χ0) is 16.4. The Morgan fingerprint density at radius 3 is 2.52 bits per heavy atom. The van der Waals surface area contributed by atoms with Crippen LogP contribution >= 0.6 is 0 Å². The van der Waals surface area contributed by atoms with Gasteiger partial charge in [-0.1, -0.05) is 12.1 Å². The summed E-state index contributed by atoms with van der Waals surface area (Å²) < 4.78 is 5.43. The second-order valence-corrected chi connectivity index (χ2v) is 5.40. The molecule has 6 nitrogen and oxygen atoms in total. The number of carbonyl (C=O) groups excluding carboxylic acids is 2. The van der Waals surface area contributed by atoms with E-state index in [9.17, 15) is 9.59 Å². The Balaban J connectivity index is 1.84. The van der Waals surface area contributed by atoms with Gasteiger partial charge in [0.25, 0.3) is 0 Å². The minimum atomic E-state index is -0.215. The molecule has 1 aromatic heterocycles. The summed E-state index contributed by atoms with van der Waals surface area (Å²) in [4.78, 5) is 22.9. The first kappa shape index (κ1) is 15.0. The summed E-state index contributed by atoms with van der Waals surface area (Å²) in [5.74, 6) is 0.474. The highest BCUT2D eigenvalue weighted by Gasteiger charge is 2.33. The summed E-state index contributed by atoms with van der Waals surface area (Å²) in [5.41, 5.74) is 2.46. The minimum absolute atomic E-state index is 0.114. The largest absolute Gasteiger partial charge is 0.467 e. The van der Waals surface area contributed by atoms with Crippen LogP contribution in [0.2, 0.25) is 0 Å². The molecule has 0 fully saturated rings. The van der Waals surface area contributed by atoms with Gasteiger partial charge in [0.2, 0.25) is 11.8 Å². The number of furan rings is 1. The van der Waals surface area contributed by atoms with Gasteiger partial charge in [-0.3, -0.25) is 9.59 Å². The summed E-state index contributed by atoms with van der Waals surface area (Å²) in [6, 6.07) is 10.8. The van der Waals surface area contributed by atoms with Crippen molar-refractivity contribution in [3.8, 4) is 0 Å². The fourth-order valence-corrected chi connectivity index (χ4v) is 2.63. The lowest BCUT2D eigenvalue weighted by Gasteiger charge is -2.17. The third kappa shape index (κ3) is 3.15.